The first-order chi connectivity index (χ1) is 27.1. The van der Waals surface area contributed by atoms with E-state index in [-0.39, 0.29) is 18.2 Å². The lowest BCUT2D eigenvalue weighted by Crippen LogP contribution is -2.52. The number of piperazine rings is 1. The average Bonchev–Trinajstić information content (AvgIpc) is 3.75. The number of amides is 3. The summed E-state index contributed by atoms with van der Waals surface area (Å²) in [7, 11) is 0. The number of alkyl halides is 3. The molecular formula is C43H46F3N7O3. The van der Waals surface area contributed by atoms with Gasteiger partial charge in [-0.05, 0) is 109 Å². The number of H-pyrrole nitrogens is 1. The number of hydrogen-bond acceptors (Lipinski definition) is 7. The topological polar surface area (TPSA) is 105 Å². The summed E-state index contributed by atoms with van der Waals surface area (Å²) in [5, 5.41) is 10.6. The van der Waals surface area contributed by atoms with Crippen LogP contribution in [0.2, 0.25) is 0 Å². The number of anilines is 2. The Balaban J connectivity index is 0.799. The van der Waals surface area contributed by atoms with Crippen LogP contribution in [0.15, 0.2) is 66.4 Å². The number of carbonyl (C=O) groups excluding carboxylic acids is 3. The number of piperidine rings is 2. The molecule has 1 atom stereocenters. The maximum atomic E-state index is 13.9. The van der Waals surface area contributed by atoms with Crippen LogP contribution in [0.1, 0.15) is 77.6 Å². The smallest absolute Gasteiger partial charge is 0.372 e. The summed E-state index contributed by atoms with van der Waals surface area (Å²) in [6.45, 7) is 7.03. The largest absolute Gasteiger partial charge is 0.392 e. The van der Waals surface area contributed by atoms with Gasteiger partial charge in [0.2, 0.25) is 11.8 Å². The Bertz CT molecular complexity index is 2200. The lowest BCUT2D eigenvalue weighted by atomic mass is 9.88. The predicted molar refractivity (Wildman–Crippen MR) is 208 cm³/mol. The number of aromatic nitrogens is 2. The van der Waals surface area contributed by atoms with Crippen LogP contribution in [0, 0.1) is 5.92 Å². The molecule has 9 rings (SSSR count). The van der Waals surface area contributed by atoms with Crippen molar-refractivity contribution >= 4 is 45.6 Å². The number of imide groups is 1. The molecule has 5 heterocycles. The van der Waals surface area contributed by atoms with Crippen molar-refractivity contribution < 1.29 is 27.6 Å². The maximum Gasteiger partial charge on any atom is 0.392 e. The fourth-order valence-electron chi connectivity index (χ4n) is 9.68. The summed E-state index contributed by atoms with van der Waals surface area (Å²) in [5.74, 6) is -0.236. The Morgan fingerprint density at radius 2 is 1.52 bits per heavy atom. The number of aryl methyl sites for hydroxylation is 1. The Hall–Kier alpha value is -5.17. The van der Waals surface area contributed by atoms with Crippen LogP contribution in [0.4, 0.5) is 24.5 Å². The molecule has 0 saturated carbocycles. The van der Waals surface area contributed by atoms with Gasteiger partial charge in [0.1, 0.15) is 6.04 Å². The van der Waals surface area contributed by atoms with Crippen LogP contribution < -0.4 is 15.1 Å². The molecule has 3 amide bonds. The van der Waals surface area contributed by atoms with E-state index in [9.17, 15) is 27.6 Å². The van der Waals surface area contributed by atoms with Crippen molar-refractivity contribution in [1.82, 2.24) is 25.3 Å². The Kier molecular flexibility index (Phi) is 9.59. The minimum Gasteiger partial charge on any atom is -0.372 e. The monoisotopic (exact) mass is 765 g/mol. The molecule has 1 aliphatic carbocycles. The summed E-state index contributed by atoms with van der Waals surface area (Å²) in [5.41, 5.74) is 8.60. The third kappa shape index (κ3) is 7.17. The number of fused-ring (bicyclic) bond motifs is 4. The molecule has 1 aromatic heterocycles. The molecule has 0 bridgehead atoms. The van der Waals surface area contributed by atoms with Gasteiger partial charge in [0.05, 0.1) is 18.1 Å². The molecule has 292 valence electrons. The minimum atomic E-state index is -4.28. The summed E-state index contributed by atoms with van der Waals surface area (Å²) in [6.07, 6.45) is 1.16. The molecule has 2 N–H and O–H groups in total. The fourth-order valence-corrected chi connectivity index (χ4v) is 9.68. The SMILES string of the molecule is O=C1CC[C@H](N2Cc3cc(N4CCN(CC5CCN(c6ccc(C7=C(CC(F)(F)F)CCCc8c7ccc7[nH]ncc87)cc6)CC5)CC4)ccc3C2=O)C(=O)N1. The van der Waals surface area contributed by atoms with E-state index in [0.29, 0.717) is 54.9 Å². The number of nitrogens with zero attached hydrogens (tertiary/aromatic N) is 5. The first-order valence-electron chi connectivity index (χ1n) is 19.9. The number of carbonyl (C=O) groups is 3. The van der Waals surface area contributed by atoms with E-state index in [2.05, 4.69) is 48.4 Å². The fraction of sp³-hybridized carbons (Fsp3) is 0.442. The van der Waals surface area contributed by atoms with Crippen LogP contribution in [0.25, 0.3) is 16.5 Å². The number of nitrogens with one attached hydrogen (secondary N) is 2. The quantitative estimate of drug-likeness (QED) is 0.209. The maximum absolute atomic E-state index is 13.9. The lowest BCUT2D eigenvalue weighted by Gasteiger charge is -2.40. The number of aromatic amines is 1. The molecule has 3 aromatic carbocycles. The molecule has 4 aliphatic heterocycles. The van der Waals surface area contributed by atoms with E-state index in [1.54, 1.807) is 11.1 Å². The van der Waals surface area contributed by atoms with Gasteiger partial charge in [-0.1, -0.05) is 23.8 Å². The van der Waals surface area contributed by atoms with Crippen LogP contribution in [-0.4, -0.2) is 95.8 Å². The second-order valence-electron chi connectivity index (χ2n) is 16.1. The van der Waals surface area contributed by atoms with E-state index in [4.69, 9.17) is 0 Å². The first kappa shape index (κ1) is 36.5. The summed E-state index contributed by atoms with van der Waals surface area (Å²) in [6, 6.07) is 17.4. The second kappa shape index (κ2) is 14.7. The molecule has 10 nitrogen and oxygen atoms in total. The van der Waals surface area contributed by atoms with Crippen LogP contribution in [-0.2, 0) is 22.6 Å². The zero-order valence-electron chi connectivity index (χ0n) is 31.3. The van der Waals surface area contributed by atoms with Gasteiger partial charge < -0.3 is 14.7 Å². The van der Waals surface area contributed by atoms with Crippen molar-refractivity contribution in [2.45, 2.75) is 70.1 Å². The Morgan fingerprint density at radius 3 is 2.27 bits per heavy atom. The van der Waals surface area contributed by atoms with Crippen molar-refractivity contribution in [2.75, 3.05) is 55.6 Å². The molecule has 56 heavy (non-hydrogen) atoms. The second-order valence-corrected chi connectivity index (χ2v) is 16.1. The van der Waals surface area contributed by atoms with Crippen molar-refractivity contribution in [3.8, 4) is 0 Å². The third-order valence-electron chi connectivity index (χ3n) is 12.6. The van der Waals surface area contributed by atoms with Gasteiger partial charge in [-0.25, -0.2) is 0 Å². The van der Waals surface area contributed by atoms with Crippen LogP contribution in [0.5, 0.6) is 0 Å². The summed E-state index contributed by atoms with van der Waals surface area (Å²) >= 11 is 0. The van der Waals surface area contributed by atoms with Crippen molar-refractivity contribution in [3.05, 3.63) is 94.2 Å². The van der Waals surface area contributed by atoms with Gasteiger partial charge in [0, 0.05) is 81.1 Å². The van der Waals surface area contributed by atoms with E-state index < -0.39 is 24.5 Å². The zero-order valence-corrected chi connectivity index (χ0v) is 31.3. The standard InChI is InChI=1S/C43H46F3N7O3/c44-43(45,46)23-29-2-1-3-34-35(10-11-37-36(34)24-47-49-37)40(29)28-4-6-31(7-5-28)51-16-14-27(15-17-51)25-50-18-20-52(21-19-50)32-8-9-33-30(22-32)26-53(42(33)56)38-12-13-39(54)48-41(38)55/h4-11,22,24,27,38H,1-3,12-21,23,25-26H2,(H,47,49)(H,48,54,55)/t38-/m0/s1. The minimum absolute atomic E-state index is 0.150. The number of halogens is 3. The number of hydrogen-bond donors (Lipinski definition) is 2. The molecule has 0 radical (unpaired) electrons. The molecule has 5 aliphatic rings. The van der Waals surface area contributed by atoms with Gasteiger partial charge in [-0.2, -0.15) is 18.3 Å². The summed E-state index contributed by atoms with van der Waals surface area (Å²) < 4.78 is 41.6. The van der Waals surface area contributed by atoms with E-state index in [1.165, 1.54) is 0 Å². The molecular weight excluding hydrogens is 720 g/mol. The normalized spacial score (nSPS) is 21.4. The highest BCUT2D eigenvalue weighted by Gasteiger charge is 2.39. The van der Waals surface area contributed by atoms with E-state index in [0.717, 1.165) is 103 Å². The van der Waals surface area contributed by atoms with Crippen LogP contribution in [0.3, 0.4) is 0 Å². The van der Waals surface area contributed by atoms with Crippen molar-refractivity contribution in [1.29, 1.82) is 0 Å². The van der Waals surface area contributed by atoms with E-state index in [1.807, 2.05) is 36.4 Å². The highest BCUT2D eigenvalue weighted by Crippen LogP contribution is 2.42. The number of allylic oxidation sites excluding steroid dienone is 1. The first-order valence-corrected chi connectivity index (χ1v) is 19.9. The Labute approximate surface area is 323 Å². The van der Waals surface area contributed by atoms with Gasteiger partial charge in [-0.3, -0.25) is 29.7 Å². The predicted octanol–water partition coefficient (Wildman–Crippen LogP) is 6.45. The zero-order chi connectivity index (χ0) is 38.6. The van der Waals surface area contributed by atoms with Crippen LogP contribution >= 0.6 is 0 Å². The molecule has 4 aromatic rings. The molecule has 13 heteroatoms. The van der Waals surface area contributed by atoms with Crippen molar-refractivity contribution in [2.24, 2.45) is 5.92 Å². The van der Waals surface area contributed by atoms with Gasteiger partial charge in [0.15, 0.2) is 0 Å². The molecule has 3 fully saturated rings. The molecule has 0 spiro atoms. The van der Waals surface area contributed by atoms with Gasteiger partial charge in [0.25, 0.3) is 5.91 Å². The summed E-state index contributed by atoms with van der Waals surface area (Å²) in [4.78, 5) is 46.1. The highest BCUT2D eigenvalue weighted by atomic mass is 19.4. The van der Waals surface area contributed by atoms with E-state index >= 15 is 0 Å². The molecule has 0 unspecified atom stereocenters. The average molecular weight is 766 g/mol. The number of benzene rings is 3. The molecule has 3 saturated heterocycles. The van der Waals surface area contributed by atoms with Gasteiger partial charge in [-0.15, -0.1) is 0 Å². The van der Waals surface area contributed by atoms with Gasteiger partial charge >= 0.3 is 6.18 Å². The highest BCUT2D eigenvalue weighted by molar-refractivity contribution is 6.05. The van der Waals surface area contributed by atoms with Crippen molar-refractivity contribution in [3.63, 3.8) is 0 Å². The lowest BCUT2D eigenvalue weighted by molar-refractivity contribution is -0.137. The Morgan fingerprint density at radius 1 is 0.786 bits per heavy atom. The third-order valence-corrected chi connectivity index (χ3v) is 12.6. The number of rotatable bonds is 7.